The second kappa shape index (κ2) is 10.2. The zero-order valence-corrected chi connectivity index (χ0v) is 22.9. The summed E-state index contributed by atoms with van der Waals surface area (Å²) >= 11 is 0. The van der Waals surface area contributed by atoms with Gasteiger partial charge in [0.1, 0.15) is 11.4 Å². The van der Waals surface area contributed by atoms with Crippen LogP contribution in [0.25, 0.3) is 0 Å². The maximum absolute atomic E-state index is 13.7. The Bertz CT molecular complexity index is 718. The molecule has 2 fully saturated rings. The number of carbonyl (C=O) groups is 1. The minimum Gasteiger partial charge on any atom is -0.410 e. The third kappa shape index (κ3) is 5.97. The number of ketones is 1. The quantitative estimate of drug-likeness (QED) is 0.247. The third-order valence-electron chi connectivity index (χ3n) is 8.02. The Morgan fingerprint density at radius 2 is 1.94 bits per heavy atom. The largest absolute Gasteiger partial charge is 0.410 e. The maximum Gasteiger partial charge on any atom is 0.192 e. The summed E-state index contributed by atoms with van der Waals surface area (Å²) in [6, 6.07) is 0. The van der Waals surface area contributed by atoms with Crippen molar-refractivity contribution in [2.45, 2.75) is 109 Å². The zero-order valence-electron chi connectivity index (χ0n) is 21.9. The summed E-state index contributed by atoms with van der Waals surface area (Å²) in [5, 5.41) is 31.4. The first kappa shape index (κ1) is 28.6. The molecule has 0 aromatic heterocycles. The zero-order chi connectivity index (χ0) is 25.4. The van der Waals surface area contributed by atoms with Crippen molar-refractivity contribution in [3.63, 3.8) is 0 Å². The first-order valence-electron chi connectivity index (χ1n) is 12.2. The number of allylic oxidation sites excluding steroid dienone is 1. The molecule has 33 heavy (non-hydrogen) atoms. The number of aliphatic hydroxyl groups excluding tert-OH is 2. The minimum atomic E-state index is -2.34. The number of hydrogen-bond donors (Lipinski definition) is 3. The highest BCUT2D eigenvalue weighted by molar-refractivity contribution is 6.74. The Hall–Kier alpha value is -0.613. The molecule has 8 heteroatoms. The topological polar surface area (TPSA) is 109 Å². The Kier molecular flexibility index (Phi) is 8.82. The fourth-order valence-electron chi connectivity index (χ4n) is 4.61. The van der Waals surface area contributed by atoms with E-state index in [9.17, 15) is 20.1 Å². The Balaban J connectivity index is 2.37. The molecule has 7 nitrogen and oxygen atoms in total. The number of epoxide rings is 1. The second-order valence-corrected chi connectivity index (χ2v) is 16.3. The average molecular weight is 487 g/mol. The van der Waals surface area contributed by atoms with E-state index >= 15 is 0 Å². The number of ether oxygens (including phenoxy) is 2. The van der Waals surface area contributed by atoms with Crippen LogP contribution in [0, 0.1) is 17.8 Å². The predicted octanol–water partition coefficient (Wildman–Crippen LogP) is 3.42. The molecule has 0 aromatic carbocycles. The van der Waals surface area contributed by atoms with E-state index in [1.54, 1.807) is 6.92 Å². The van der Waals surface area contributed by atoms with Crippen LogP contribution in [0.3, 0.4) is 0 Å². The molecule has 192 valence electrons. The molecule has 0 aromatic rings. The van der Waals surface area contributed by atoms with Gasteiger partial charge in [-0.25, -0.2) is 0 Å². The van der Waals surface area contributed by atoms with Gasteiger partial charge in [-0.1, -0.05) is 46.8 Å². The number of rotatable bonds is 10. The van der Waals surface area contributed by atoms with Crippen LogP contribution in [0.1, 0.15) is 61.3 Å². The Morgan fingerprint density at radius 3 is 2.39 bits per heavy atom. The van der Waals surface area contributed by atoms with Crippen molar-refractivity contribution >= 4 is 14.1 Å². The van der Waals surface area contributed by atoms with Gasteiger partial charge in [-0.3, -0.25) is 4.79 Å². The minimum absolute atomic E-state index is 0.0411. The van der Waals surface area contributed by atoms with Crippen LogP contribution in [0.4, 0.5) is 0 Å². The summed E-state index contributed by atoms with van der Waals surface area (Å²) in [4.78, 5) is 13.7. The first-order valence-corrected chi connectivity index (χ1v) is 15.1. The summed E-state index contributed by atoms with van der Waals surface area (Å²) < 4.78 is 18.5. The van der Waals surface area contributed by atoms with Crippen LogP contribution in [0.5, 0.6) is 0 Å². The van der Waals surface area contributed by atoms with E-state index in [0.717, 1.165) is 0 Å². The lowest BCUT2D eigenvalue weighted by molar-refractivity contribution is -0.258. The van der Waals surface area contributed by atoms with Crippen LogP contribution in [0.15, 0.2) is 12.2 Å². The van der Waals surface area contributed by atoms with Crippen LogP contribution in [-0.2, 0) is 18.7 Å². The number of hydrogen-bond acceptors (Lipinski definition) is 7. The van der Waals surface area contributed by atoms with Crippen LogP contribution in [0.2, 0.25) is 18.1 Å². The van der Waals surface area contributed by atoms with Gasteiger partial charge in [0.2, 0.25) is 0 Å². The molecule has 2 rings (SSSR count). The average Bonchev–Trinajstić information content (AvgIpc) is 3.40. The molecule has 1 unspecified atom stereocenters. The van der Waals surface area contributed by atoms with E-state index in [4.69, 9.17) is 13.9 Å². The molecular formula is C25H46O7Si. The van der Waals surface area contributed by atoms with Gasteiger partial charge in [0.05, 0.1) is 43.4 Å². The van der Waals surface area contributed by atoms with E-state index in [2.05, 4.69) is 46.9 Å². The van der Waals surface area contributed by atoms with E-state index in [0.29, 0.717) is 6.42 Å². The molecule has 0 radical (unpaired) electrons. The maximum atomic E-state index is 13.7. The van der Waals surface area contributed by atoms with Crippen molar-refractivity contribution in [2.24, 2.45) is 17.8 Å². The van der Waals surface area contributed by atoms with Gasteiger partial charge in [-0.15, -0.1) is 0 Å². The van der Waals surface area contributed by atoms with Gasteiger partial charge >= 0.3 is 0 Å². The van der Waals surface area contributed by atoms with E-state index in [-0.39, 0.29) is 35.9 Å². The van der Waals surface area contributed by atoms with Crippen LogP contribution >= 0.6 is 0 Å². The standard InChI is InChI=1S/C25H46O7Si/c1-10-12-16(3)21-24(7,31-21)22(32-33(8,9)23(4,5)6)17(14-26)20(28)18-15-30-25(29,11-2)13-19(18)27/h10,12,16-19,21-22,26-27,29H,11,13-15H2,1-9H3/b12-10-/t16-,17-,18+,19-,21+,22-,24+,25?/m0/s1. The molecule has 8 atom stereocenters. The van der Waals surface area contributed by atoms with Gasteiger partial charge in [0.15, 0.2) is 14.1 Å². The smallest absolute Gasteiger partial charge is 0.192 e. The second-order valence-electron chi connectivity index (χ2n) is 11.6. The fourth-order valence-corrected chi connectivity index (χ4v) is 5.99. The van der Waals surface area contributed by atoms with Gasteiger partial charge in [-0.2, -0.15) is 0 Å². The number of aliphatic hydroxyl groups is 3. The van der Waals surface area contributed by atoms with E-state index < -0.39 is 50.4 Å². The van der Waals surface area contributed by atoms with E-state index in [1.165, 1.54) is 0 Å². The Labute approximate surface area is 200 Å². The monoisotopic (exact) mass is 486 g/mol. The number of carbonyl (C=O) groups excluding carboxylic acids is 1. The summed E-state index contributed by atoms with van der Waals surface area (Å²) in [7, 11) is -2.34. The van der Waals surface area contributed by atoms with Gasteiger partial charge in [-0.05, 0) is 38.4 Å². The molecule has 2 aliphatic heterocycles. The highest BCUT2D eigenvalue weighted by Gasteiger charge is 2.64. The van der Waals surface area contributed by atoms with Gasteiger partial charge in [0.25, 0.3) is 0 Å². The number of Topliss-reactive ketones (excluding diaryl/α,β-unsaturated/α-hetero) is 1. The molecule has 2 saturated heterocycles. The highest BCUT2D eigenvalue weighted by atomic mass is 28.4. The highest BCUT2D eigenvalue weighted by Crippen LogP contribution is 2.51. The molecule has 0 spiro atoms. The Morgan fingerprint density at radius 1 is 1.33 bits per heavy atom. The molecule has 0 aliphatic carbocycles. The lowest BCUT2D eigenvalue weighted by atomic mass is 9.78. The molecule has 3 N–H and O–H groups in total. The van der Waals surface area contributed by atoms with Crippen molar-refractivity contribution in [2.75, 3.05) is 13.2 Å². The van der Waals surface area contributed by atoms with Crippen LogP contribution in [-0.4, -0.2) is 72.3 Å². The van der Waals surface area contributed by atoms with Crippen molar-refractivity contribution in [3.05, 3.63) is 12.2 Å². The van der Waals surface area contributed by atoms with Gasteiger partial charge < -0.3 is 29.2 Å². The van der Waals surface area contributed by atoms with Crippen molar-refractivity contribution < 1.29 is 34.0 Å². The van der Waals surface area contributed by atoms with E-state index in [1.807, 2.05) is 19.9 Å². The third-order valence-corrected chi connectivity index (χ3v) is 12.5. The van der Waals surface area contributed by atoms with Crippen LogP contribution < -0.4 is 0 Å². The van der Waals surface area contributed by atoms with Crippen molar-refractivity contribution in [1.29, 1.82) is 0 Å². The molecule has 0 saturated carbocycles. The summed E-state index contributed by atoms with van der Waals surface area (Å²) in [6.07, 6.45) is 2.48. The first-order chi connectivity index (χ1) is 15.1. The lowest BCUT2D eigenvalue weighted by Crippen LogP contribution is -2.56. The SMILES string of the molecule is C/C=C\[C@H](C)[C@H]1O[C@@]1(C)[C@@H](O[Si](C)(C)C(C)(C)C)[C@@H](CO)C(=O)[C@@H]1COC(O)(CC)C[C@@H]1O. The molecular weight excluding hydrogens is 440 g/mol. The predicted molar refractivity (Wildman–Crippen MR) is 130 cm³/mol. The molecule has 2 aliphatic rings. The normalized spacial score (nSPS) is 35.9. The van der Waals surface area contributed by atoms with Crippen molar-refractivity contribution in [1.82, 2.24) is 0 Å². The summed E-state index contributed by atoms with van der Waals surface area (Å²) in [5.41, 5.74) is -0.734. The summed E-state index contributed by atoms with van der Waals surface area (Å²) in [6.45, 7) is 17.9. The summed E-state index contributed by atoms with van der Waals surface area (Å²) in [5.74, 6) is -3.32. The van der Waals surface area contributed by atoms with Crippen molar-refractivity contribution in [3.8, 4) is 0 Å². The molecule has 0 bridgehead atoms. The lowest BCUT2D eigenvalue weighted by Gasteiger charge is -2.44. The molecule has 2 heterocycles. The molecule has 0 amide bonds. The van der Waals surface area contributed by atoms with Gasteiger partial charge in [0, 0.05) is 12.3 Å². The fraction of sp³-hybridized carbons (Fsp3) is 0.880.